The molecule has 6 aromatic rings. The van der Waals surface area contributed by atoms with Gasteiger partial charge in [0.2, 0.25) is 0 Å². The topological polar surface area (TPSA) is 6.48 Å². The van der Waals surface area contributed by atoms with Crippen LogP contribution in [0.2, 0.25) is 0 Å². The van der Waals surface area contributed by atoms with Crippen molar-refractivity contribution in [3.05, 3.63) is 168 Å². The van der Waals surface area contributed by atoms with Crippen molar-refractivity contribution in [1.29, 1.82) is 0 Å². The molecule has 7 heteroatoms. The average Bonchev–Trinajstić information content (AvgIpc) is 3.17. The van der Waals surface area contributed by atoms with Crippen molar-refractivity contribution in [2.24, 2.45) is 0 Å². The molecule has 0 aliphatic heterocycles. The lowest BCUT2D eigenvalue weighted by Crippen LogP contribution is -2.12. The van der Waals surface area contributed by atoms with Crippen LogP contribution in [-0.2, 0) is 0 Å². The third-order valence-corrected chi connectivity index (χ3v) is 10.1. The number of rotatable bonds is 8. The molecule has 0 heterocycles. The van der Waals surface area contributed by atoms with Crippen LogP contribution >= 0.6 is 59.6 Å². The first kappa shape index (κ1) is 43.3. The third kappa shape index (κ3) is 12.5. The van der Waals surface area contributed by atoms with E-state index in [9.17, 15) is 0 Å². The second kappa shape index (κ2) is 22.8. The fraction of sp³-hybridized carbons (Fsp3) is 0.111. The number of nitrogens with zero attached hydrogens (tertiary/aromatic N) is 2. The molecule has 0 aliphatic carbocycles. The molecular formula is C45H51IN2P4. The Bertz CT molecular complexity index is 1800. The lowest BCUT2D eigenvalue weighted by Gasteiger charge is -2.27. The third-order valence-electron chi connectivity index (χ3n) is 7.57. The molecule has 0 aliphatic rings. The number of anilines is 6. The van der Waals surface area contributed by atoms with E-state index < -0.39 is 0 Å². The van der Waals surface area contributed by atoms with Crippen LogP contribution < -0.4 is 31.0 Å². The highest BCUT2D eigenvalue weighted by Gasteiger charge is 2.15. The van der Waals surface area contributed by atoms with Gasteiger partial charge in [-0.3, -0.25) is 0 Å². The summed E-state index contributed by atoms with van der Waals surface area (Å²) in [6.07, 6.45) is 3.83. The smallest absolute Gasteiger partial charge is 0.0467 e. The number of hydrogen-bond acceptors (Lipinski definition) is 2. The molecule has 0 N–H and O–H groups in total. The zero-order chi connectivity index (χ0) is 38.0. The van der Waals surface area contributed by atoms with E-state index in [0.717, 1.165) is 55.3 Å². The predicted molar refractivity (Wildman–Crippen MR) is 259 cm³/mol. The molecule has 0 saturated carbocycles. The summed E-state index contributed by atoms with van der Waals surface area (Å²) >= 11 is 2.21. The SMILES string of the molecule is C=C/C(I)=C\C.CC.CC.Pc1cccc(N(c2ccc(-c3ccc(N(c4cccc(P)c4)c4cccc(P)c4)cc3)cc2)c2cccc(P)c2)c1. The lowest BCUT2D eigenvalue weighted by atomic mass is 10.0. The molecule has 6 aromatic carbocycles. The maximum Gasteiger partial charge on any atom is 0.0467 e. The average molecular weight is 871 g/mol. The van der Waals surface area contributed by atoms with Crippen LogP contribution in [0.15, 0.2) is 168 Å². The van der Waals surface area contributed by atoms with E-state index in [1.54, 1.807) is 0 Å². The van der Waals surface area contributed by atoms with E-state index >= 15 is 0 Å². The highest BCUT2D eigenvalue weighted by atomic mass is 127. The van der Waals surface area contributed by atoms with Crippen LogP contribution in [0, 0.1) is 0 Å². The predicted octanol–water partition coefficient (Wildman–Crippen LogP) is 12.9. The summed E-state index contributed by atoms with van der Waals surface area (Å²) in [5, 5.41) is 4.61. The van der Waals surface area contributed by atoms with E-state index in [4.69, 9.17) is 0 Å². The summed E-state index contributed by atoms with van der Waals surface area (Å²) in [7, 11) is 11.2. The summed E-state index contributed by atoms with van der Waals surface area (Å²) in [5.41, 5.74) is 9.08. The van der Waals surface area contributed by atoms with Crippen LogP contribution in [0.3, 0.4) is 0 Å². The van der Waals surface area contributed by atoms with Gasteiger partial charge in [0.05, 0.1) is 0 Å². The van der Waals surface area contributed by atoms with Gasteiger partial charge in [-0.1, -0.05) is 119 Å². The van der Waals surface area contributed by atoms with Crippen molar-refractivity contribution < 1.29 is 0 Å². The highest BCUT2D eigenvalue weighted by molar-refractivity contribution is 14.1. The molecule has 2 nitrogen and oxygen atoms in total. The molecular weight excluding hydrogens is 819 g/mol. The first-order valence-electron chi connectivity index (χ1n) is 17.4. The van der Waals surface area contributed by atoms with Crippen molar-refractivity contribution in [2.45, 2.75) is 34.6 Å². The summed E-state index contributed by atoms with van der Waals surface area (Å²) < 4.78 is 1.20. The standard InChI is InChI=1S/C36H32N2P4.C5H7I.2C2H6/c39-33-9-1-5-29(21-33)37(30-6-2-10-34(40)22-30)27-17-13-25(14-18-27)26-15-19-28(20-16-26)38(31-7-3-11-35(41)23-31)32-8-4-12-36(42)24-32;1-3-5(6)4-2;2*1-2/h1-24H,39-42H2;3-4H,1H2,2H3;2*1-2H3/b;5-4+;;. The van der Waals surface area contributed by atoms with Crippen molar-refractivity contribution in [3.63, 3.8) is 0 Å². The molecule has 0 saturated heterocycles. The van der Waals surface area contributed by atoms with E-state index in [2.05, 4.69) is 222 Å². The Morgan fingerprint density at radius 1 is 0.462 bits per heavy atom. The molecule has 0 fully saturated rings. The van der Waals surface area contributed by atoms with Gasteiger partial charge in [0.25, 0.3) is 0 Å². The molecule has 268 valence electrons. The van der Waals surface area contributed by atoms with Gasteiger partial charge >= 0.3 is 0 Å². The van der Waals surface area contributed by atoms with Crippen LogP contribution in [-0.4, -0.2) is 0 Å². The van der Waals surface area contributed by atoms with Crippen LogP contribution in [0.25, 0.3) is 11.1 Å². The van der Waals surface area contributed by atoms with Gasteiger partial charge < -0.3 is 9.80 Å². The molecule has 52 heavy (non-hydrogen) atoms. The number of halogens is 1. The van der Waals surface area contributed by atoms with Gasteiger partial charge in [-0.2, -0.15) is 0 Å². The minimum atomic E-state index is 1.11. The van der Waals surface area contributed by atoms with Crippen molar-refractivity contribution >= 4 is 115 Å². The minimum absolute atomic E-state index is 1.11. The summed E-state index contributed by atoms with van der Waals surface area (Å²) in [6.45, 7) is 13.5. The normalized spacial score (nSPS) is 10.3. The number of allylic oxidation sites excluding steroid dienone is 3. The largest absolute Gasteiger partial charge is 0.310 e. The Hall–Kier alpha value is -3.15. The van der Waals surface area contributed by atoms with Gasteiger partial charge in [-0.05, 0) is 135 Å². The van der Waals surface area contributed by atoms with E-state index in [1.807, 2.05) is 46.8 Å². The number of benzene rings is 6. The van der Waals surface area contributed by atoms with Gasteiger partial charge in [-0.25, -0.2) is 0 Å². The Morgan fingerprint density at radius 2 is 0.731 bits per heavy atom. The molecule has 0 bridgehead atoms. The summed E-state index contributed by atoms with van der Waals surface area (Å²) in [6, 6.07) is 51.8. The van der Waals surface area contributed by atoms with Crippen LogP contribution in [0.5, 0.6) is 0 Å². The maximum absolute atomic E-state index is 3.56. The Kier molecular flexibility index (Phi) is 19.0. The summed E-state index contributed by atoms with van der Waals surface area (Å²) in [5.74, 6) is 0. The van der Waals surface area contributed by atoms with Crippen LogP contribution in [0.1, 0.15) is 34.6 Å². The monoisotopic (exact) mass is 870 g/mol. The molecule has 4 atom stereocenters. The van der Waals surface area contributed by atoms with Crippen molar-refractivity contribution in [3.8, 4) is 11.1 Å². The fourth-order valence-corrected chi connectivity index (χ4v) is 6.40. The van der Waals surface area contributed by atoms with E-state index in [0.29, 0.717) is 0 Å². The Morgan fingerprint density at radius 3 is 0.923 bits per heavy atom. The zero-order valence-electron chi connectivity index (χ0n) is 30.8. The van der Waals surface area contributed by atoms with E-state index in [-0.39, 0.29) is 0 Å². The van der Waals surface area contributed by atoms with Crippen molar-refractivity contribution in [2.75, 3.05) is 9.80 Å². The molecule has 0 aromatic heterocycles. The quantitative estimate of drug-likeness (QED) is 0.0854. The number of hydrogen-bond donors (Lipinski definition) is 0. The van der Waals surface area contributed by atoms with Gasteiger partial charge in [0.1, 0.15) is 0 Å². The molecule has 4 unspecified atom stereocenters. The van der Waals surface area contributed by atoms with Gasteiger partial charge in [-0.15, -0.1) is 37.0 Å². The van der Waals surface area contributed by atoms with Crippen LogP contribution in [0.4, 0.5) is 34.1 Å². The zero-order valence-corrected chi connectivity index (χ0v) is 37.6. The van der Waals surface area contributed by atoms with Gasteiger partial charge in [0.15, 0.2) is 0 Å². The Balaban J connectivity index is 0.000000655. The Labute approximate surface area is 336 Å². The van der Waals surface area contributed by atoms with Gasteiger partial charge in [0, 0.05) is 37.7 Å². The second-order valence-electron chi connectivity index (χ2n) is 11.0. The van der Waals surface area contributed by atoms with Crippen molar-refractivity contribution in [1.82, 2.24) is 0 Å². The summed E-state index contributed by atoms with van der Waals surface area (Å²) in [4.78, 5) is 4.60. The van der Waals surface area contributed by atoms with E-state index in [1.165, 1.54) is 14.7 Å². The highest BCUT2D eigenvalue weighted by Crippen LogP contribution is 2.37. The maximum atomic E-state index is 3.56. The first-order chi connectivity index (χ1) is 25.2. The fourth-order valence-electron chi connectivity index (χ4n) is 5.27. The molecule has 6 rings (SSSR count). The minimum Gasteiger partial charge on any atom is -0.310 e. The second-order valence-corrected chi connectivity index (χ2v) is 14.9. The molecule has 0 amide bonds. The lowest BCUT2D eigenvalue weighted by molar-refractivity contribution is 1.29. The molecule has 0 radical (unpaired) electrons. The first-order valence-corrected chi connectivity index (χ1v) is 20.8. The molecule has 0 spiro atoms.